The van der Waals surface area contributed by atoms with Gasteiger partial charge in [0.15, 0.2) is 0 Å². The fourth-order valence-electron chi connectivity index (χ4n) is 4.95. The normalized spacial score (nSPS) is 18.8. The number of benzene rings is 2. The molecule has 0 aliphatic carbocycles. The van der Waals surface area contributed by atoms with Crippen LogP contribution in [0.25, 0.3) is 0 Å². The number of rotatable bonds is 6. The molecular formula is C26H34N4O4S. The Labute approximate surface area is 207 Å². The largest absolute Gasteiger partial charge is 0.377 e. The fraction of sp³-hybridized carbons (Fsp3) is 0.462. The second-order valence-electron chi connectivity index (χ2n) is 9.67. The van der Waals surface area contributed by atoms with Gasteiger partial charge in [-0.3, -0.25) is 9.59 Å². The zero-order chi connectivity index (χ0) is 25.3. The average Bonchev–Trinajstić information content (AvgIpc) is 2.81. The van der Waals surface area contributed by atoms with Gasteiger partial charge < -0.3 is 15.1 Å². The molecule has 0 aromatic heterocycles. The van der Waals surface area contributed by atoms with Crippen LogP contribution in [0.1, 0.15) is 43.7 Å². The Morgan fingerprint density at radius 2 is 1.89 bits per heavy atom. The van der Waals surface area contributed by atoms with Crippen molar-refractivity contribution >= 4 is 38.9 Å². The highest BCUT2D eigenvalue weighted by Crippen LogP contribution is 2.33. The first-order chi connectivity index (χ1) is 16.6. The lowest BCUT2D eigenvalue weighted by molar-refractivity contribution is -0.121. The molecular weight excluding hydrogens is 464 g/mol. The van der Waals surface area contributed by atoms with Gasteiger partial charge in [0, 0.05) is 50.2 Å². The van der Waals surface area contributed by atoms with Gasteiger partial charge in [0.05, 0.1) is 4.90 Å². The summed E-state index contributed by atoms with van der Waals surface area (Å²) < 4.78 is 28.2. The maximum absolute atomic E-state index is 13.3. The van der Waals surface area contributed by atoms with E-state index >= 15 is 0 Å². The Morgan fingerprint density at radius 3 is 2.60 bits per heavy atom. The number of anilines is 3. The Bertz CT molecular complexity index is 1240. The second-order valence-corrected chi connectivity index (χ2v) is 11.6. The van der Waals surface area contributed by atoms with Gasteiger partial charge in [0.1, 0.15) is 6.54 Å². The summed E-state index contributed by atoms with van der Waals surface area (Å²) >= 11 is 0. The summed E-state index contributed by atoms with van der Waals surface area (Å²) in [6.07, 6.45) is 3.45. The second kappa shape index (κ2) is 9.99. The van der Waals surface area contributed by atoms with Crippen molar-refractivity contribution in [1.29, 1.82) is 0 Å². The molecule has 0 saturated carbocycles. The molecule has 1 fully saturated rings. The Kier molecular flexibility index (Phi) is 7.19. The third-order valence-corrected chi connectivity index (χ3v) is 8.89. The molecule has 0 radical (unpaired) electrons. The molecule has 1 saturated heterocycles. The molecule has 4 rings (SSSR count). The van der Waals surface area contributed by atoms with Crippen molar-refractivity contribution in [3.63, 3.8) is 0 Å². The molecule has 2 aliphatic rings. The van der Waals surface area contributed by atoms with E-state index in [-0.39, 0.29) is 35.7 Å². The first-order valence-electron chi connectivity index (χ1n) is 12.1. The van der Waals surface area contributed by atoms with Crippen LogP contribution < -0.4 is 15.1 Å². The molecule has 2 heterocycles. The molecule has 2 aromatic rings. The van der Waals surface area contributed by atoms with Crippen molar-refractivity contribution < 1.29 is 18.0 Å². The Morgan fingerprint density at radius 1 is 1.11 bits per heavy atom. The van der Waals surface area contributed by atoms with E-state index in [9.17, 15) is 18.0 Å². The highest BCUT2D eigenvalue weighted by molar-refractivity contribution is 7.89. The van der Waals surface area contributed by atoms with E-state index in [1.54, 1.807) is 22.5 Å². The zero-order valence-electron chi connectivity index (χ0n) is 20.9. The number of sulfonamides is 1. The maximum atomic E-state index is 13.3. The average molecular weight is 499 g/mol. The summed E-state index contributed by atoms with van der Waals surface area (Å²) in [6, 6.07) is 10.5. The van der Waals surface area contributed by atoms with Crippen LogP contribution in [0.4, 0.5) is 17.1 Å². The van der Waals surface area contributed by atoms with E-state index < -0.39 is 10.0 Å². The van der Waals surface area contributed by atoms with Crippen molar-refractivity contribution in [2.75, 3.05) is 42.3 Å². The van der Waals surface area contributed by atoms with E-state index in [0.717, 1.165) is 36.1 Å². The first-order valence-corrected chi connectivity index (χ1v) is 13.5. The number of fused-ring (bicyclic) bond motifs is 1. The molecule has 2 amide bonds. The number of hydrogen-bond donors (Lipinski definition) is 1. The predicted molar refractivity (Wildman–Crippen MR) is 138 cm³/mol. The van der Waals surface area contributed by atoms with E-state index in [1.807, 2.05) is 51.0 Å². The van der Waals surface area contributed by atoms with Crippen LogP contribution in [0.3, 0.4) is 0 Å². The quantitative estimate of drug-likeness (QED) is 0.658. The van der Waals surface area contributed by atoms with Crippen molar-refractivity contribution in [3.05, 3.63) is 47.5 Å². The van der Waals surface area contributed by atoms with E-state index in [4.69, 9.17) is 0 Å². The summed E-state index contributed by atoms with van der Waals surface area (Å²) in [7, 11) is 0.277. The Balaban J connectivity index is 1.54. The van der Waals surface area contributed by atoms with Crippen LogP contribution in [-0.2, 0) is 26.0 Å². The van der Waals surface area contributed by atoms with Gasteiger partial charge in [-0.05, 0) is 74.6 Å². The minimum Gasteiger partial charge on any atom is -0.377 e. The SMILES string of the molecule is Cc1ccc(NC(=O)CN2C(=O)CCc3cc(S(=O)(=O)N4CCCCC4C)ccc32)cc1N(C)C. The summed E-state index contributed by atoms with van der Waals surface area (Å²) in [6.45, 7) is 4.35. The molecule has 1 unspecified atom stereocenters. The topological polar surface area (TPSA) is 90.0 Å². The highest BCUT2D eigenvalue weighted by atomic mass is 32.2. The number of nitrogens with one attached hydrogen (secondary N) is 1. The number of carbonyl (C=O) groups excluding carboxylic acids is 2. The van der Waals surface area contributed by atoms with Crippen molar-refractivity contribution in [2.24, 2.45) is 0 Å². The highest BCUT2D eigenvalue weighted by Gasteiger charge is 2.33. The van der Waals surface area contributed by atoms with Crippen molar-refractivity contribution in [1.82, 2.24) is 4.31 Å². The van der Waals surface area contributed by atoms with Gasteiger partial charge in [-0.1, -0.05) is 12.5 Å². The molecule has 35 heavy (non-hydrogen) atoms. The minimum atomic E-state index is -3.61. The van der Waals surface area contributed by atoms with Crippen LogP contribution in [0.5, 0.6) is 0 Å². The molecule has 2 aliphatic heterocycles. The summed E-state index contributed by atoms with van der Waals surface area (Å²) in [5, 5.41) is 2.88. The lowest BCUT2D eigenvalue weighted by atomic mass is 10.0. The monoisotopic (exact) mass is 498 g/mol. The maximum Gasteiger partial charge on any atom is 0.244 e. The number of amides is 2. The van der Waals surface area contributed by atoms with Crippen LogP contribution in [0.2, 0.25) is 0 Å². The summed E-state index contributed by atoms with van der Waals surface area (Å²) in [4.78, 5) is 29.2. The molecule has 0 spiro atoms. The molecule has 0 bridgehead atoms. The molecule has 1 atom stereocenters. The van der Waals surface area contributed by atoms with Crippen molar-refractivity contribution in [2.45, 2.75) is 56.9 Å². The molecule has 8 nitrogen and oxygen atoms in total. The number of carbonyl (C=O) groups is 2. The lowest BCUT2D eigenvalue weighted by Gasteiger charge is -2.33. The van der Waals surface area contributed by atoms with Gasteiger partial charge in [-0.2, -0.15) is 4.31 Å². The third kappa shape index (κ3) is 5.21. The van der Waals surface area contributed by atoms with E-state index in [0.29, 0.717) is 24.3 Å². The van der Waals surface area contributed by atoms with Gasteiger partial charge in [-0.15, -0.1) is 0 Å². The third-order valence-electron chi connectivity index (χ3n) is 6.88. The standard InChI is InChI=1S/C26H34N4O4S/c1-18-8-10-21(16-24(18)28(3)4)27-25(31)17-29-23-12-11-22(15-20(23)9-13-26(29)32)35(33,34)30-14-6-5-7-19(30)2/h8,10-12,15-16,19H,5-7,9,13-14,17H2,1-4H3,(H,27,31). The number of hydrogen-bond acceptors (Lipinski definition) is 5. The van der Waals surface area contributed by atoms with Gasteiger partial charge in [-0.25, -0.2) is 8.42 Å². The molecule has 1 N–H and O–H groups in total. The minimum absolute atomic E-state index is 0.0265. The first kappa shape index (κ1) is 25.2. The number of nitrogens with zero attached hydrogens (tertiary/aromatic N) is 3. The fourth-order valence-corrected chi connectivity index (χ4v) is 6.70. The lowest BCUT2D eigenvalue weighted by Crippen LogP contribution is -2.42. The Hall–Kier alpha value is -2.91. The smallest absolute Gasteiger partial charge is 0.244 e. The number of aryl methyl sites for hydroxylation is 2. The van der Waals surface area contributed by atoms with Crippen LogP contribution in [0, 0.1) is 6.92 Å². The van der Waals surface area contributed by atoms with Gasteiger partial charge in [0.25, 0.3) is 0 Å². The van der Waals surface area contributed by atoms with Crippen LogP contribution >= 0.6 is 0 Å². The predicted octanol–water partition coefficient (Wildman–Crippen LogP) is 3.54. The molecule has 188 valence electrons. The summed E-state index contributed by atoms with van der Waals surface area (Å²) in [5.74, 6) is -0.454. The molecule has 9 heteroatoms. The summed E-state index contributed by atoms with van der Waals surface area (Å²) in [5.41, 5.74) is 4.12. The van der Waals surface area contributed by atoms with Crippen LogP contribution in [0.15, 0.2) is 41.3 Å². The van der Waals surface area contributed by atoms with Crippen molar-refractivity contribution in [3.8, 4) is 0 Å². The van der Waals surface area contributed by atoms with E-state index in [2.05, 4.69) is 5.32 Å². The zero-order valence-corrected chi connectivity index (χ0v) is 21.7. The van der Waals surface area contributed by atoms with Gasteiger partial charge in [0.2, 0.25) is 21.8 Å². The molecule has 2 aromatic carbocycles. The number of piperidine rings is 1. The van der Waals surface area contributed by atoms with Crippen LogP contribution in [-0.4, -0.2) is 57.8 Å². The van der Waals surface area contributed by atoms with Gasteiger partial charge >= 0.3 is 0 Å². The van der Waals surface area contributed by atoms with E-state index in [1.165, 1.54) is 4.90 Å².